The molecule has 6 aromatic rings. The van der Waals surface area contributed by atoms with Gasteiger partial charge in [-0.15, -0.1) is 0 Å². The predicted octanol–water partition coefficient (Wildman–Crippen LogP) is 6.74. The molecular formula is C34H26N2O5. The number of aromatic nitrogens is 1. The molecule has 202 valence electrons. The molecule has 0 radical (unpaired) electrons. The first kappa shape index (κ1) is 25.8. The Morgan fingerprint density at radius 1 is 0.780 bits per heavy atom. The molecule has 0 aliphatic heterocycles. The number of carbonyl (C=O) groups excluding carboxylic acids is 1. The maximum absolute atomic E-state index is 13.1. The summed E-state index contributed by atoms with van der Waals surface area (Å²) in [6, 6.07) is 33.4. The highest BCUT2D eigenvalue weighted by Gasteiger charge is 2.17. The van der Waals surface area contributed by atoms with Crippen molar-refractivity contribution in [2.45, 2.75) is 19.4 Å². The minimum Gasteiger partial charge on any atom is -0.474 e. The number of rotatable bonds is 7. The van der Waals surface area contributed by atoms with Gasteiger partial charge in [-0.1, -0.05) is 91.0 Å². The van der Waals surface area contributed by atoms with E-state index >= 15 is 0 Å². The summed E-state index contributed by atoms with van der Waals surface area (Å²) in [4.78, 5) is 36.2. The Bertz CT molecular complexity index is 1950. The maximum Gasteiger partial charge on any atom is 0.394 e. The number of anilines is 1. The number of fused-ring (bicyclic) bond motifs is 3. The van der Waals surface area contributed by atoms with Crippen LogP contribution in [0, 0.1) is 0 Å². The monoisotopic (exact) mass is 542 g/mol. The molecule has 0 fully saturated rings. The van der Waals surface area contributed by atoms with Crippen LogP contribution in [0.15, 0.2) is 119 Å². The van der Waals surface area contributed by atoms with Gasteiger partial charge in [-0.3, -0.25) is 9.59 Å². The molecule has 2 heterocycles. The number of carbonyl (C=O) groups is 2. The summed E-state index contributed by atoms with van der Waals surface area (Å²) in [5.41, 5.74) is 5.69. The minimum atomic E-state index is -1.66. The van der Waals surface area contributed by atoms with Crippen LogP contribution in [0.4, 0.5) is 5.69 Å². The number of benzene rings is 4. The van der Waals surface area contributed by atoms with Gasteiger partial charge in [-0.2, -0.15) is 0 Å². The van der Waals surface area contributed by atoms with Gasteiger partial charge in [0.1, 0.15) is 16.9 Å². The molecule has 0 spiro atoms. The van der Waals surface area contributed by atoms with Crippen molar-refractivity contribution in [1.82, 2.24) is 4.57 Å². The molecular weight excluding hydrogens is 516 g/mol. The summed E-state index contributed by atoms with van der Waals surface area (Å²) < 4.78 is 7.72. The second-order valence-corrected chi connectivity index (χ2v) is 9.85. The molecule has 0 saturated heterocycles. The molecule has 0 atom stereocenters. The molecule has 1 amide bonds. The predicted molar refractivity (Wildman–Crippen MR) is 160 cm³/mol. The molecule has 2 N–H and O–H groups in total. The van der Waals surface area contributed by atoms with Gasteiger partial charge >= 0.3 is 11.9 Å². The number of hydrogen-bond donors (Lipinski definition) is 2. The second kappa shape index (κ2) is 11.0. The van der Waals surface area contributed by atoms with Crippen molar-refractivity contribution >= 4 is 39.5 Å². The van der Waals surface area contributed by atoms with Gasteiger partial charge in [0, 0.05) is 34.6 Å². The molecule has 7 heteroatoms. The van der Waals surface area contributed by atoms with E-state index in [-0.39, 0.29) is 5.69 Å². The standard InChI is InChI=1S/C34H26N2O5/c37-32(34(39)40)35-29-20-25(21-36(33(29)38)19-7-10-22-8-2-1-3-9-22)23-15-17-24(18-16-23)26-12-6-13-28-27-11-4-5-14-30(27)41-31(26)28/h1-6,8-9,11-18,20-21H,7,10,19H2,(H,35,37)(H,39,40). The highest BCUT2D eigenvalue weighted by molar-refractivity contribution is 6.36. The van der Waals surface area contributed by atoms with E-state index in [2.05, 4.69) is 5.32 Å². The number of para-hydroxylation sites is 2. The second-order valence-electron chi connectivity index (χ2n) is 9.85. The first-order valence-corrected chi connectivity index (χ1v) is 13.3. The Balaban J connectivity index is 1.34. The van der Waals surface area contributed by atoms with Crippen molar-refractivity contribution in [1.29, 1.82) is 0 Å². The first-order valence-electron chi connectivity index (χ1n) is 13.3. The number of nitrogens with zero attached hydrogens (tertiary/aromatic N) is 1. The van der Waals surface area contributed by atoms with E-state index < -0.39 is 17.4 Å². The molecule has 0 aliphatic rings. The normalized spacial score (nSPS) is 11.1. The molecule has 2 aromatic heterocycles. The van der Waals surface area contributed by atoms with Crippen molar-refractivity contribution in [3.05, 3.63) is 125 Å². The van der Waals surface area contributed by atoms with Crippen LogP contribution in [-0.4, -0.2) is 21.6 Å². The first-order chi connectivity index (χ1) is 20.0. The summed E-state index contributed by atoms with van der Waals surface area (Å²) in [5, 5.41) is 13.4. The van der Waals surface area contributed by atoms with Crippen LogP contribution in [0.2, 0.25) is 0 Å². The quantitative estimate of drug-likeness (QED) is 0.218. The third kappa shape index (κ3) is 5.25. The smallest absolute Gasteiger partial charge is 0.394 e. The van der Waals surface area contributed by atoms with Crippen LogP contribution >= 0.6 is 0 Å². The van der Waals surface area contributed by atoms with Crippen LogP contribution in [0.25, 0.3) is 44.2 Å². The van der Waals surface area contributed by atoms with Gasteiger partial charge in [0.2, 0.25) is 0 Å². The fourth-order valence-corrected chi connectivity index (χ4v) is 5.14. The van der Waals surface area contributed by atoms with E-state index in [1.54, 1.807) is 6.20 Å². The van der Waals surface area contributed by atoms with E-state index in [9.17, 15) is 14.4 Å². The third-order valence-corrected chi connectivity index (χ3v) is 7.17. The Morgan fingerprint density at radius 2 is 1.49 bits per heavy atom. The van der Waals surface area contributed by atoms with E-state index in [4.69, 9.17) is 9.52 Å². The summed E-state index contributed by atoms with van der Waals surface area (Å²) >= 11 is 0. The van der Waals surface area contributed by atoms with Crippen molar-refractivity contribution in [2.75, 3.05) is 5.32 Å². The molecule has 7 nitrogen and oxygen atoms in total. The van der Waals surface area contributed by atoms with Crippen LogP contribution in [0.5, 0.6) is 0 Å². The minimum absolute atomic E-state index is 0.0780. The summed E-state index contributed by atoms with van der Waals surface area (Å²) in [5.74, 6) is -2.92. The average molecular weight is 543 g/mol. The Morgan fingerprint density at radius 3 is 2.27 bits per heavy atom. The molecule has 0 saturated carbocycles. The van der Waals surface area contributed by atoms with E-state index in [0.29, 0.717) is 18.5 Å². The van der Waals surface area contributed by atoms with Gasteiger partial charge in [0.25, 0.3) is 5.56 Å². The molecule has 4 aromatic carbocycles. The Labute approximate surface area is 235 Å². The van der Waals surface area contributed by atoms with Crippen LogP contribution < -0.4 is 10.9 Å². The topological polar surface area (TPSA) is 102 Å². The summed E-state index contributed by atoms with van der Waals surface area (Å²) in [6.07, 6.45) is 3.22. The SMILES string of the molecule is O=C(O)C(=O)Nc1cc(-c2ccc(-c3cccc4c3oc3ccccc34)cc2)cn(CCCc2ccccc2)c1=O. The molecule has 41 heavy (non-hydrogen) atoms. The highest BCUT2D eigenvalue weighted by Crippen LogP contribution is 2.36. The number of nitrogens with one attached hydrogen (secondary N) is 1. The lowest BCUT2D eigenvalue weighted by molar-refractivity contribution is -0.147. The summed E-state index contributed by atoms with van der Waals surface area (Å²) in [7, 11) is 0. The fraction of sp³-hybridized carbons (Fsp3) is 0.0882. The lowest BCUT2D eigenvalue weighted by atomic mass is 9.99. The Kier molecular flexibility index (Phi) is 6.92. The van der Waals surface area contributed by atoms with Crippen LogP contribution in [0.3, 0.4) is 0 Å². The van der Waals surface area contributed by atoms with E-state index in [1.807, 2.05) is 97.1 Å². The molecule has 0 aliphatic carbocycles. The molecule has 6 rings (SSSR count). The zero-order chi connectivity index (χ0) is 28.3. The van der Waals surface area contributed by atoms with E-state index in [0.717, 1.165) is 50.6 Å². The van der Waals surface area contributed by atoms with Gasteiger partial charge in [-0.25, -0.2) is 4.79 Å². The van der Waals surface area contributed by atoms with Gasteiger partial charge in [0.15, 0.2) is 0 Å². The number of aliphatic carboxylic acids is 1. The van der Waals surface area contributed by atoms with Crippen molar-refractivity contribution in [2.24, 2.45) is 0 Å². The lowest BCUT2D eigenvalue weighted by Gasteiger charge is -2.13. The maximum atomic E-state index is 13.1. The number of carboxylic acids is 1. The number of amides is 1. The third-order valence-electron chi connectivity index (χ3n) is 7.17. The molecule has 0 unspecified atom stereocenters. The van der Waals surface area contributed by atoms with E-state index in [1.165, 1.54) is 10.6 Å². The zero-order valence-electron chi connectivity index (χ0n) is 22.0. The van der Waals surface area contributed by atoms with Crippen molar-refractivity contribution in [3.8, 4) is 22.3 Å². The average Bonchev–Trinajstić information content (AvgIpc) is 3.38. The van der Waals surface area contributed by atoms with Crippen LogP contribution in [0.1, 0.15) is 12.0 Å². The van der Waals surface area contributed by atoms with Crippen LogP contribution in [-0.2, 0) is 22.6 Å². The van der Waals surface area contributed by atoms with Gasteiger partial charge < -0.3 is 19.4 Å². The number of pyridine rings is 1. The zero-order valence-corrected chi connectivity index (χ0v) is 22.0. The Hall–Kier alpha value is -5.43. The molecule has 0 bridgehead atoms. The number of hydrogen-bond acceptors (Lipinski definition) is 4. The number of aryl methyl sites for hydroxylation is 2. The summed E-state index contributed by atoms with van der Waals surface area (Å²) in [6.45, 7) is 0.406. The van der Waals surface area contributed by atoms with Crippen molar-refractivity contribution < 1.29 is 19.1 Å². The fourth-order valence-electron chi connectivity index (χ4n) is 5.14. The number of carboxylic acid groups (broad SMARTS) is 1. The highest BCUT2D eigenvalue weighted by atomic mass is 16.4. The lowest BCUT2D eigenvalue weighted by Crippen LogP contribution is -2.29. The van der Waals surface area contributed by atoms with Gasteiger partial charge in [-0.05, 0) is 41.7 Å². The largest absolute Gasteiger partial charge is 0.474 e. The number of furan rings is 1. The van der Waals surface area contributed by atoms with Gasteiger partial charge in [0.05, 0.1) is 0 Å². The van der Waals surface area contributed by atoms with Crippen molar-refractivity contribution in [3.63, 3.8) is 0 Å².